The van der Waals surface area contributed by atoms with Gasteiger partial charge in [0.25, 0.3) is 0 Å². The molecule has 2 aliphatic rings. The van der Waals surface area contributed by atoms with Gasteiger partial charge in [0.2, 0.25) is 0 Å². The Morgan fingerprint density at radius 3 is 3.20 bits per heavy atom. The number of hydrogen-bond acceptors (Lipinski definition) is 2. The van der Waals surface area contributed by atoms with E-state index in [1.165, 1.54) is 16.7 Å². The molecule has 1 aromatic carbocycles. The van der Waals surface area contributed by atoms with Crippen LogP contribution in [0.1, 0.15) is 22.6 Å². The van der Waals surface area contributed by atoms with Crippen molar-refractivity contribution >= 4 is 11.6 Å². The number of rotatable bonds is 0. The van der Waals surface area contributed by atoms with Gasteiger partial charge < -0.3 is 4.74 Å². The highest BCUT2D eigenvalue weighted by molar-refractivity contribution is 6.21. The predicted molar refractivity (Wildman–Crippen MR) is 60.1 cm³/mol. The van der Waals surface area contributed by atoms with E-state index in [-0.39, 0.29) is 11.6 Å². The van der Waals surface area contributed by atoms with Crippen molar-refractivity contribution in [2.75, 3.05) is 6.54 Å². The van der Waals surface area contributed by atoms with Gasteiger partial charge >= 0.3 is 0 Å². The molecule has 0 bridgehead atoms. The van der Waals surface area contributed by atoms with Crippen molar-refractivity contribution < 1.29 is 4.74 Å². The van der Waals surface area contributed by atoms with Gasteiger partial charge in [-0.2, -0.15) is 0 Å². The molecule has 3 heteroatoms. The van der Waals surface area contributed by atoms with Gasteiger partial charge in [-0.3, -0.25) is 5.32 Å². The summed E-state index contributed by atoms with van der Waals surface area (Å²) in [6, 6.07) is 6.56. The van der Waals surface area contributed by atoms with Crippen molar-refractivity contribution in [1.82, 2.24) is 5.32 Å². The zero-order valence-electron chi connectivity index (χ0n) is 8.66. The first kappa shape index (κ1) is 9.64. The fourth-order valence-corrected chi connectivity index (χ4v) is 2.96. The molecule has 1 N–H and O–H groups in total. The summed E-state index contributed by atoms with van der Waals surface area (Å²) < 4.78 is 5.81. The number of hydrogen-bond donors (Lipinski definition) is 1. The second-order valence-electron chi connectivity index (χ2n) is 4.39. The lowest BCUT2D eigenvalue weighted by Crippen LogP contribution is -2.28. The lowest BCUT2D eigenvalue weighted by molar-refractivity contribution is 0.0289. The third kappa shape index (κ3) is 1.48. The van der Waals surface area contributed by atoms with Gasteiger partial charge in [-0.15, -0.1) is 11.6 Å². The monoisotopic (exact) mass is 223 g/mol. The summed E-state index contributed by atoms with van der Waals surface area (Å²) in [5, 5.41) is 3.26. The molecule has 3 unspecified atom stereocenters. The van der Waals surface area contributed by atoms with Crippen LogP contribution in [0.25, 0.3) is 0 Å². The number of aryl methyl sites for hydroxylation is 1. The SMILES string of the molecule is Cc1ccc2c(c1)COC1CNC(Cl)C21. The fourth-order valence-electron chi connectivity index (χ4n) is 2.57. The molecule has 0 spiro atoms. The molecule has 0 aromatic heterocycles. The van der Waals surface area contributed by atoms with Gasteiger partial charge in [-0.1, -0.05) is 23.8 Å². The predicted octanol–water partition coefficient (Wildman–Crippen LogP) is 2.15. The van der Waals surface area contributed by atoms with Crippen molar-refractivity contribution in [3.8, 4) is 0 Å². The maximum atomic E-state index is 6.26. The molecule has 3 rings (SSSR count). The maximum absolute atomic E-state index is 6.26. The van der Waals surface area contributed by atoms with Crippen LogP contribution < -0.4 is 5.32 Å². The van der Waals surface area contributed by atoms with Gasteiger partial charge in [-0.05, 0) is 18.1 Å². The molecule has 1 fully saturated rings. The molecule has 0 radical (unpaired) electrons. The van der Waals surface area contributed by atoms with E-state index in [0.29, 0.717) is 5.92 Å². The van der Waals surface area contributed by atoms with Gasteiger partial charge in [0.1, 0.15) is 0 Å². The molecule has 0 saturated carbocycles. The third-order valence-electron chi connectivity index (χ3n) is 3.34. The summed E-state index contributed by atoms with van der Waals surface area (Å²) in [4.78, 5) is 0. The first-order valence-corrected chi connectivity index (χ1v) is 5.78. The number of ether oxygens (including phenoxy) is 1. The van der Waals surface area contributed by atoms with Gasteiger partial charge in [0.05, 0.1) is 18.2 Å². The standard InChI is InChI=1S/C12H14ClNO/c1-7-2-3-9-8(4-7)6-15-10-5-14-12(13)11(9)10/h2-4,10-12,14H,5-6H2,1H3. The van der Waals surface area contributed by atoms with E-state index in [4.69, 9.17) is 16.3 Å². The zero-order chi connectivity index (χ0) is 10.4. The summed E-state index contributed by atoms with van der Waals surface area (Å²) in [5.74, 6) is 0.316. The highest BCUT2D eigenvalue weighted by Crippen LogP contribution is 2.38. The molecule has 80 valence electrons. The molecule has 1 saturated heterocycles. The molecular weight excluding hydrogens is 210 g/mol. The van der Waals surface area contributed by atoms with Crippen LogP contribution in [0, 0.1) is 6.92 Å². The number of fused-ring (bicyclic) bond motifs is 3. The van der Waals surface area contributed by atoms with Crippen LogP contribution in [-0.2, 0) is 11.3 Å². The van der Waals surface area contributed by atoms with E-state index in [1.807, 2.05) is 0 Å². The highest BCUT2D eigenvalue weighted by atomic mass is 35.5. The molecule has 1 aromatic rings. The second-order valence-corrected chi connectivity index (χ2v) is 4.86. The van der Waals surface area contributed by atoms with Crippen molar-refractivity contribution in [2.45, 2.75) is 31.1 Å². The van der Waals surface area contributed by atoms with Crippen molar-refractivity contribution in [1.29, 1.82) is 0 Å². The average molecular weight is 224 g/mol. The summed E-state index contributed by atoms with van der Waals surface area (Å²) in [6.07, 6.45) is 0.253. The first-order valence-electron chi connectivity index (χ1n) is 5.34. The van der Waals surface area contributed by atoms with E-state index in [2.05, 4.69) is 30.4 Å². The van der Waals surface area contributed by atoms with Crippen LogP contribution >= 0.6 is 11.6 Å². The van der Waals surface area contributed by atoms with Crippen LogP contribution in [0.2, 0.25) is 0 Å². The highest BCUT2D eigenvalue weighted by Gasteiger charge is 2.40. The van der Waals surface area contributed by atoms with E-state index in [9.17, 15) is 0 Å². The maximum Gasteiger partial charge on any atom is 0.0921 e. The number of nitrogens with one attached hydrogen (secondary N) is 1. The van der Waals surface area contributed by atoms with Crippen molar-refractivity contribution in [2.24, 2.45) is 0 Å². The Balaban J connectivity index is 2.06. The van der Waals surface area contributed by atoms with Gasteiger partial charge in [0, 0.05) is 12.5 Å². The quantitative estimate of drug-likeness (QED) is 0.538. The third-order valence-corrected chi connectivity index (χ3v) is 3.77. The molecule has 3 atom stereocenters. The van der Waals surface area contributed by atoms with Crippen LogP contribution in [0.3, 0.4) is 0 Å². The minimum atomic E-state index is 0.0109. The number of alkyl halides is 1. The molecule has 2 nitrogen and oxygen atoms in total. The van der Waals surface area contributed by atoms with Crippen molar-refractivity contribution in [3.05, 3.63) is 34.9 Å². The minimum absolute atomic E-state index is 0.0109. The lowest BCUT2D eigenvalue weighted by Gasteiger charge is -2.29. The second kappa shape index (κ2) is 3.48. The molecule has 0 aliphatic carbocycles. The average Bonchev–Trinajstić information content (AvgIpc) is 2.60. The normalized spacial score (nSPS) is 33.6. The fraction of sp³-hybridized carbons (Fsp3) is 0.500. The summed E-state index contributed by atoms with van der Waals surface area (Å²) in [6.45, 7) is 3.70. The van der Waals surface area contributed by atoms with E-state index < -0.39 is 0 Å². The Morgan fingerprint density at radius 1 is 1.47 bits per heavy atom. The van der Waals surface area contributed by atoms with Crippen LogP contribution in [0.4, 0.5) is 0 Å². The zero-order valence-corrected chi connectivity index (χ0v) is 9.42. The van der Waals surface area contributed by atoms with Crippen LogP contribution in [0.15, 0.2) is 18.2 Å². The topological polar surface area (TPSA) is 21.3 Å². The molecule has 0 amide bonds. The Morgan fingerprint density at radius 2 is 2.33 bits per heavy atom. The smallest absolute Gasteiger partial charge is 0.0921 e. The van der Waals surface area contributed by atoms with Crippen LogP contribution in [-0.4, -0.2) is 18.1 Å². The Kier molecular flexibility index (Phi) is 2.23. The van der Waals surface area contributed by atoms with Crippen LogP contribution in [0.5, 0.6) is 0 Å². The molecule has 2 heterocycles. The van der Waals surface area contributed by atoms with E-state index >= 15 is 0 Å². The summed E-state index contributed by atoms with van der Waals surface area (Å²) in [7, 11) is 0. The summed E-state index contributed by atoms with van der Waals surface area (Å²) >= 11 is 6.26. The van der Waals surface area contributed by atoms with E-state index in [1.54, 1.807) is 0 Å². The number of halogens is 1. The lowest BCUT2D eigenvalue weighted by atomic mass is 9.88. The van der Waals surface area contributed by atoms with E-state index in [0.717, 1.165) is 13.2 Å². The van der Waals surface area contributed by atoms with Gasteiger partial charge in [0.15, 0.2) is 0 Å². The minimum Gasteiger partial charge on any atom is -0.371 e. The summed E-state index contributed by atoms with van der Waals surface area (Å²) in [5.41, 5.74) is 3.96. The molecule has 15 heavy (non-hydrogen) atoms. The first-order chi connectivity index (χ1) is 7.25. The van der Waals surface area contributed by atoms with Crippen molar-refractivity contribution in [3.63, 3.8) is 0 Å². The Bertz CT molecular complexity index is 393. The molecule has 2 aliphatic heterocycles. The Hall–Kier alpha value is -0.570. The number of benzene rings is 1. The van der Waals surface area contributed by atoms with Gasteiger partial charge in [-0.25, -0.2) is 0 Å². The molecular formula is C12H14ClNO. The Labute approximate surface area is 94.6 Å². The largest absolute Gasteiger partial charge is 0.371 e.